The minimum absolute atomic E-state index is 0.425. The summed E-state index contributed by atoms with van der Waals surface area (Å²) in [6.07, 6.45) is 0. The van der Waals surface area contributed by atoms with Crippen LogP contribution >= 0.6 is 34.5 Å². The van der Waals surface area contributed by atoms with E-state index in [0.717, 1.165) is 0 Å². The summed E-state index contributed by atoms with van der Waals surface area (Å²) in [5, 5.41) is 5.77. The van der Waals surface area contributed by atoms with E-state index in [-0.39, 0.29) is 0 Å². The molecule has 0 atom stereocenters. The van der Waals surface area contributed by atoms with Crippen LogP contribution < -0.4 is 21.2 Å². The zero-order chi connectivity index (χ0) is 24.8. The molecule has 0 saturated carbocycles. The molecule has 186 valence electrons. The van der Waals surface area contributed by atoms with Gasteiger partial charge in [0.1, 0.15) is 21.2 Å². The molecule has 4 rings (SSSR count). The van der Waals surface area contributed by atoms with E-state index in [1.807, 2.05) is 0 Å². The van der Waals surface area contributed by atoms with Crippen LogP contribution in [0.15, 0.2) is 121 Å². The Bertz CT molecular complexity index is 881. The molecule has 0 aliphatic rings. The van der Waals surface area contributed by atoms with Crippen LogP contribution in [-0.4, -0.2) is 10.5 Å². The Balaban J connectivity index is 0.000000970. The van der Waals surface area contributed by atoms with Crippen molar-refractivity contribution < 1.29 is 40.0 Å². The first-order valence-corrected chi connectivity index (χ1v) is 19.0. The van der Waals surface area contributed by atoms with Crippen molar-refractivity contribution in [2.24, 2.45) is 0 Å². The van der Waals surface area contributed by atoms with Gasteiger partial charge >= 0.3 is 58.4 Å². The van der Waals surface area contributed by atoms with E-state index in [2.05, 4.69) is 158 Å². The van der Waals surface area contributed by atoms with Gasteiger partial charge in [0, 0.05) is 0 Å². The predicted molar refractivity (Wildman–Crippen MR) is 150 cm³/mol. The third-order valence-corrected chi connectivity index (χ3v) is 12.0. The Morgan fingerprint density at radius 3 is 0.853 bits per heavy atom. The average Bonchev–Trinajstić information content (AvgIpc) is 2.93. The van der Waals surface area contributed by atoms with Gasteiger partial charge in [0.15, 0.2) is 16.1 Å². The van der Waals surface area contributed by atoms with Crippen LogP contribution in [0, 0.1) is 0 Å². The fourth-order valence-corrected chi connectivity index (χ4v) is 11.2. The molecule has 0 heterocycles. The second kappa shape index (κ2) is 17.3. The van der Waals surface area contributed by atoms with Crippen molar-refractivity contribution in [3.05, 3.63) is 121 Å². The van der Waals surface area contributed by atoms with Crippen molar-refractivity contribution in [2.75, 3.05) is 0 Å². The van der Waals surface area contributed by atoms with Crippen molar-refractivity contribution >= 4 is 55.7 Å². The number of halogens is 2. The topological polar surface area (TPSA) is 3.24 Å². The second-order valence-corrected chi connectivity index (χ2v) is 12.7. The van der Waals surface area contributed by atoms with Gasteiger partial charge in [-0.05, 0) is 66.8 Å². The molecule has 34 heavy (non-hydrogen) atoms. The zero-order valence-corrected chi connectivity index (χ0v) is 26.8. The third kappa shape index (κ3) is 8.41. The van der Waals surface area contributed by atoms with Crippen molar-refractivity contribution in [3.63, 3.8) is 0 Å². The quantitative estimate of drug-likeness (QED) is 0.149. The Labute approximate surface area is 239 Å². The molecule has 0 amide bonds. The van der Waals surface area contributed by atoms with E-state index >= 15 is 0 Å². The first-order chi connectivity index (χ1) is 16.8. The fourth-order valence-electron chi connectivity index (χ4n) is 3.90. The summed E-state index contributed by atoms with van der Waals surface area (Å²) in [6.45, 7) is 4.71. The first kappa shape index (κ1) is 30.0. The molecule has 1 nitrogen and oxygen atoms in total. The SMILES string of the molecule is CC(C)N([PH+](c1ccccc1)c1ccccc1)[PH+](c1ccccc1)c1ccccc1.[Cl][Au].[Cl][Au]. The predicted octanol–water partition coefficient (Wildman–Crippen LogP) is 6.63. The molecule has 0 saturated heterocycles. The summed E-state index contributed by atoms with van der Waals surface area (Å²) >= 11 is 3.50. The van der Waals surface area contributed by atoms with Crippen molar-refractivity contribution in [1.29, 1.82) is 0 Å². The van der Waals surface area contributed by atoms with Gasteiger partial charge in [0.05, 0.1) is 6.04 Å². The normalized spacial score (nSPS) is 10.6. The van der Waals surface area contributed by atoms with E-state index < -0.39 is 16.1 Å². The summed E-state index contributed by atoms with van der Waals surface area (Å²) in [6, 6.07) is 44.8. The van der Waals surface area contributed by atoms with E-state index in [4.69, 9.17) is 0 Å². The molecule has 0 fully saturated rings. The fraction of sp³-hybridized carbons (Fsp3) is 0.111. The summed E-state index contributed by atoms with van der Waals surface area (Å²) < 4.78 is 2.85. The molecule has 0 bridgehead atoms. The number of rotatable bonds is 7. The van der Waals surface area contributed by atoms with E-state index in [1.165, 1.54) is 21.2 Å². The maximum atomic E-state index is 4.58. The Morgan fingerprint density at radius 1 is 0.471 bits per heavy atom. The summed E-state index contributed by atoms with van der Waals surface area (Å²) in [5.74, 6) is 0. The number of benzene rings is 4. The zero-order valence-electron chi connectivity index (χ0n) is 18.9. The monoisotopic (exact) mass is 893 g/mol. The van der Waals surface area contributed by atoms with Crippen LogP contribution in [0.4, 0.5) is 0 Å². The molecular weight excluding hydrogens is 865 g/mol. The van der Waals surface area contributed by atoms with Gasteiger partial charge in [0.2, 0.25) is 0 Å². The molecular formula is C27H29Au2Cl2NP2+2. The van der Waals surface area contributed by atoms with Gasteiger partial charge in [0.25, 0.3) is 0 Å². The minimum atomic E-state index is -1.15. The van der Waals surface area contributed by atoms with E-state index in [0.29, 0.717) is 6.04 Å². The molecule has 0 radical (unpaired) electrons. The Morgan fingerprint density at radius 2 is 0.676 bits per heavy atom. The van der Waals surface area contributed by atoms with E-state index in [1.54, 1.807) is 40.0 Å². The van der Waals surface area contributed by atoms with Gasteiger partial charge < -0.3 is 0 Å². The average molecular weight is 894 g/mol. The van der Waals surface area contributed by atoms with Crippen LogP contribution in [0.3, 0.4) is 0 Å². The summed E-state index contributed by atoms with van der Waals surface area (Å²) in [4.78, 5) is 0. The summed E-state index contributed by atoms with van der Waals surface area (Å²) in [7, 11) is 6.86. The van der Waals surface area contributed by atoms with Crippen LogP contribution in [0.2, 0.25) is 0 Å². The summed E-state index contributed by atoms with van der Waals surface area (Å²) in [5.41, 5.74) is 0. The molecule has 0 unspecified atom stereocenters. The third-order valence-electron chi connectivity index (χ3n) is 5.19. The number of hydrogen-bond acceptors (Lipinski definition) is 1. The standard InChI is InChI=1S/C27H27NP2.2Au.2ClH/c1-23(2)28(29(24-15-7-3-8-16-24)25-17-9-4-10-18-25)30(26-19-11-5-12-20-26)27-21-13-6-14-22-27;;;;/h3-23H,1-2H3;;;2*1H/q;2*+1;;. The van der Waals surface area contributed by atoms with E-state index in [9.17, 15) is 0 Å². The molecule has 4 aromatic carbocycles. The molecule has 0 N–H and O–H groups in total. The first-order valence-electron chi connectivity index (χ1n) is 10.7. The van der Waals surface area contributed by atoms with Crippen LogP contribution in [-0.2, 0) is 40.0 Å². The molecule has 0 spiro atoms. The van der Waals surface area contributed by atoms with Gasteiger partial charge in [-0.3, -0.25) is 0 Å². The van der Waals surface area contributed by atoms with Gasteiger partial charge in [-0.15, -0.1) is 0 Å². The van der Waals surface area contributed by atoms with Crippen molar-refractivity contribution in [3.8, 4) is 0 Å². The molecule has 4 aromatic rings. The number of hydrogen-bond donors (Lipinski definition) is 0. The van der Waals surface area contributed by atoms with Crippen LogP contribution in [0.5, 0.6) is 0 Å². The maximum absolute atomic E-state index is 4.58. The Kier molecular flexibility index (Phi) is 15.2. The van der Waals surface area contributed by atoms with Crippen molar-refractivity contribution in [1.82, 2.24) is 4.44 Å². The molecule has 7 heteroatoms. The number of nitrogens with zero attached hydrogens (tertiary/aromatic N) is 1. The molecule has 0 aromatic heterocycles. The van der Waals surface area contributed by atoms with Gasteiger partial charge in [-0.25, -0.2) is 0 Å². The van der Waals surface area contributed by atoms with Gasteiger partial charge in [-0.2, -0.15) is 0 Å². The van der Waals surface area contributed by atoms with Crippen LogP contribution in [0.1, 0.15) is 13.8 Å². The second-order valence-electron chi connectivity index (χ2n) is 7.63. The van der Waals surface area contributed by atoms with Gasteiger partial charge in [-0.1, -0.05) is 72.8 Å². The van der Waals surface area contributed by atoms with Crippen LogP contribution in [0.25, 0.3) is 0 Å². The van der Waals surface area contributed by atoms with Crippen molar-refractivity contribution in [2.45, 2.75) is 19.9 Å². The molecule has 0 aliphatic carbocycles. The Hall–Kier alpha value is -0.239. The molecule has 0 aliphatic heterocycles.